The molecule has 87 heavy (non-hydrogen) atoms. The Morgan fingerprint density at radius 1 is 0.862 bits per heavy atom. The summed E-state index contributed by atoms with van der Waals surface area (Å²) in [5.74, 6) is -3.95. The van der Waals surface area contributed by atoms with E-state index in [1.165, 1.54) is 35.0 Å². The van der Waals surface area contributed by atoms with Gasteiger partial charge in [-0.05, 0) is 141 Å². The first-order chi connectivity index (χ1) is 41.4. The predicted molar refractivity (Wildman–Crippen MR) is 324 cm³/mol. The highest BCUT2D eigenvalue weighted by molar-refractivity contribution is 7.22. The topological polar surface area (TPSA) is 282 Å². The number of anilines is 3. The van der Waals surface area contributed by atoms with Gasteiger partial charge in [0.1, 0.15) is 24.5 Å². The number of carbonyl (C=O) groups is 8. The van der Waals surface area contributed by atoms with Crippen molar-refractivity contribution in [1.29, 1.82) is 0 Å². The van der Waals surface area contributed by atoms with Crippen LogP contribution in [0, 0.1) is 23.2 Å². The number of rotatable bonds is 21. The molecule has 0 saturated heterocycles. The second kappa shape index (κ2) is 23.5. The molecule has 2 unspecified atom stereocenters. The molecular weight excluding hydrogens is 1130 g/mol. The number of hydrogen-bond donors (Lipinski definition) is 4. The number of nitrogens with one attached hydrogen (secondary N) is 2. The molecule has 4 atom stereocenters. The first kappa shape index (κ1) is 59.9. The third-order valence-corrected chi connectivity index (χ3v) is 18.9. The Kier molecular flexibility index (Phi) is 16.1. The Labute approximate surface area is 507 Å². The summed E-state index contributed by atoms with van der Waals surface area (Å²) >= 11 is 1.42. The van der Waals surface area contributed by atoms with Gasteiger partial charge in [0.15, 0.2) is 10.8 Å². The van der Waals surface area contributed by atoms with E-state index in [1.54, 1.807) is 37.5 Å². The zero-order valence-corrected chi connectivity index (χ0v) is 50.4. The Bertz CT molecular complexity index is 3730. The van der Waals surface area contributed by atoms with Crippen LogP contribution in [0.5, 0.6) is 0 Å². The lowest BCUT2D eigenvalue weighted by Gasteiger charge is -2.69. The molecule has 4 saturated carbocycles. The summed E-state index contributed by atoms with van der Waals surface area (Å²) in [6.07, 6.45) is 9.50. The van der Waals surface area contributed by atoms with Crippen LogP contribution in [0.15, 0.2) is 97.2 Å². The van der Waals surface area contributed by atoms with E-state index in [2.05, 4.69) is 29.5 Å². The van der Waals surface area contributed by atoms with Gasteiger partial charge in [0.2, 0.25) is 17.7 Å². The number of hydrogen-bond acceptors (Lipinski definition) is 15. The molecule has 454 valence electrons. The van der Waals surface area contributed by atoms with Crippen LogP contribution >= 0.6 is 11.3 Å². The van der Waals surface area contributed by atoms with E-state index >= 15 is 0 Å². The highest BCUT2D eigenvalue weighted by Gasteiger charge is 2.66. The van der Waals surface area contributed by atoms with Crippen molar-refractivity contribution in [3.8, 4) is 11.1 Å². The normalized spacial score (nSPS) is 22.5. The molecule has 0 spiro atoms. The van der Waals surface area contributed by atoms with Crippen molar-refractivity contribution >= 4 is 85.7 Å². The van der Waals surface area contributed by atoms with Crippen molar-refractivity contribution in [2.45, 2.75) is 123 Å². The number of benzene rings is 3. The number of aromatic carboxylic acids is 1. The van der Waals surface area contributed by atoms with E-state index in [0.29, 0.717) is 64.9 Å². The van der Waals surface area contributed by atoms with Gasteiger partial charge in [0.05, 0.1) is 28.6 Å². The van der Waals surface area contributed by atoms with Crippen molar-refractivity contribution < 1.29 is 52.9 Å². The quantitative estimate of drug-likeness (QED) is 0.0500. The zero-order valence-electron chi connectivity index (χ0n) is 49.6. The number of carboxylic acid groups (broad SMARTS) is 1. The maximum absolute atomic E-state index is 13.8. The number of fused-ring (bicyclic) bond motifs is 2. The Balaban J connectivity index is 0.702. The van der Waals surface area contributed by atoms with Gasteiger partial charge < -0.3 is 35.4 Å². The number of likely N-dealkylation sites (N-methyl/N-ethyl adjacent to an activating group) is 1. The largest absolute Gasteiger partial charge is 0.476 e. The van der Waals surface area contributed by atoms with Gasteiger partial charge in [-0.2, -0.15) is 5.10 Å². The molecule has 4 aliphatic carbocycles. The smallest absolute Gasteiger partial charge is 0.409 e. The number of amides is 7. The van der Waals surface area contributed by atoms with Crippen LogP contribution in [0.1, 0.15) is 116 Å². The maximum Gasteiger partial charge on any atom is 0.409 e. The highest BCUT2D eigenvalue weighted by Crippen LogP contribution is 2.72. The fraction of sp³-hybridized carbons (Fsp3) is 0.422. The Morgan fingerprint density at radius 2 is 1.59 bits per heavy atom. The second-order valence-corrected chi connectivity index (χ2v) is 26.1. The minimum atomic E-state index is -1.15. The number of para-hydroxylation sites is 1. The third kappa shape index (κ3) is 12.3. The molecule has 6 aromatic rings. The predicted octanol–water partition coefficient (Wildman–Crippen LogP) is 7.81. The first-order valence-corrected chi connectivity index (χ1v) is 30.1. The molecule has 7 amide bonds. The van der Waals surface area contributed by atoms with Gasteiger partial charge in [0.25, 0.3) is 17.7 Å². The van der Waals surface area contributed by atoms with Gasteiger partial charge >= 0.3 is 12.1 Å². The lowest BCUT2D eigenvalue weighted by Crippen LogP contribution is -2.64. The van der Waals surface area contributed by atoms with Crippen molar-refractivity contribution in [3.05, 3.63) is 131 Å². The minimum absolute atomic E-state index is 0.00855. The number of carbonyl (C=O) groups excluding carboxylic acids is 7. The Morgan fingerprint density at radius 3 is 2.29 bits per heavy atom. The van der Waals surface area contributed by atoms with Crippen molar-refractivity contribution in [2.24, 2.45) is 22.0 Å². The maximum atomic E-state index is 13.8. The van der Waals surface area contributed by atoms with Crippen molar-refractivity contribution in [3.63, 3.8) is 0 Å². The van der Waals surface area contributed by atoms with Crippen LogP contribution < -0.4 is 26.2 Å². The molecule has 23 heteroatoms. The molecule has 4 fully saturated rings. The summed E-state index contributed by atoms with van der Waals surface area (Å²) < 4.78 is 15.7. The number of pyridine rings is 1. The number of carboxylic acids is 1. The standard InChI is InChI=1S/C64H71N11O11S/c1-38(67-51(76)23-25-73-52(77)20-21-53(73)78)57(81)75(40(3)55(65)79)43-16-14-41(15-17-43)30-85-60(84)71(6)26-27-86-64-34-61(4)31-62(5,35-64)33-63(32-61,36-64)37-74-39(2)46(28-66-74)44-18-19-50(69-54(44)58(82)83)72-24-22-42-10-9-11-45(47(42)29-72)56(80)70-59-68-48-12-7-8-13-49(48)87-59/h7-21,28,38,40H,22-27,29-37H2,1-6H3,(H2,65,79)(H,67,76)(H,82,83)(H,68,70,80)/t38-,40-,61?,62?,63?,64?/m0/s1. The van der Waals surface area contributed by atoms with Gasteiger partial charge in [0, 0.05) is 86.4 Å². The van der Waals surface area contributed by atoms with Crippen molar-refractivity contribution in [1.82, 2.24) is 34.9 Å². The first-order valence-electron chi connectivity index (χ1n) is 29.3. The Hall–Kier alpha value is -8.83. The molecule has 3 aromatic heterocycles. The average molecular weight is 1200 g/mol. The number of nitrogens with two attached hydrogens (primary N) is 1. The van der Waals surface area contributed by atoms with E-state index in [0.717, 1.165) is 82.6 Å². The SMILES string of the molecule is Cc1c(-c2ccc(N3CCc4cccc(C(=O)Nc5nc6ccccc6s5)c4C3)nc2C(=O)O)cnn1CC12CC3(C)CC(C)(C1)CC(OCCN(C)C(=O)OCc1ccc(N(C(=O)[C@H](C)NC(=O)CCN4C(=O)C=CC4=O)[C@@H](C)C(N)=O)cc1)(C3)C2. The van der Waals surface area contributed by atoms with Crippen molar-refractivity contribution in [2.75, 3.05) is 48.4 Å². The van der Waals surface area contributed by atoms with Crippen LogP contribution in [-0.4, -0.2) is 133 Å². The average Bonchev–Trinajstić information content (AvgIpc) is 0.922. The lowest BCUT2D eigenvalue weighted by atomic mass is 9.39. The molecule has 5 N–H and O–H groups in total. The van der Waals surface area contributed by atoms with Gasteiger partial charge in [-0.3, -0.25) is 48.6 Å². The summed E-state index contributed by atoms with van der Waals surface area (Å²) in [4.78, 5) is 118. The molecule has 4 bridgehead atoms. The fourth-order valence-corrected chi connectivity index (χ4v) is 15.9. The van der Waals surface area contributed by atoms with Gasteiger partial charge in [-0.1, -0.05) is 61.6 Å². The minimum Gasteiger partial charge on any atom is -0.476 e. The summed E-state index contributed by atoms with van der Waals surface area (Å²) in [6.45, 7) is 11.5. The number of thiazole rings is 1. The summed E-state index contributed by atoms with van der Waals surface area (Å²) in [5.41, 5.74) is 11.2. The van der Waals surface area contributed by atoms with E-state index in [4.69, 9.17) is 25.3 Å². The van der Waals surface area contributed by atoms with Gasteiger partial charge in [-0.25, -0.2) is 19.6 Å². The fourth-order valence-electron chi connectivity index (χ4n) is 15.0. The molecule has 22 nitrogen and oxygen atoms in total. The number of primary amides is 1. The summed E-state index contributed by atoms with van der Waals surface area (Å²) in [7, 11) is 1.66. The molecular formula is C64H71N11O11S. The lowest BCUT2D eigenvalue weighted by molar-refractivity contribution is -0.248. The number of imide groups is 1. The molecule has 12 rings (SSSR count). The summed E-state index contributed by atoms with van der Waals surface area (Å²) in [6, 6.07) is 21.4. The van der Waals surface area contributed by atoms with Crippen LogP contribution in [-0.2, 0) is 59.6 Å². The summed E-state index contributed by atoms with van der Waals surface area (Å²) in [5, 5.41) is 21.7. The van der Waals surface area contributed by atoms with E-state index < -0.39 is 59.3 Å². The molecule has 0 radical (unpaired) electrons. The van der Waals surface area contributed by atoms with E-state index in [-0.39, 0.29) is 60.6 Å². The van der Waals surface area contributed by atoms with Gasteiger partial charge in [-0.15, -0.1) is 0 Å². The zero-order chi connectivity index (χ0) is 61.7. The molecule has 5 heterocycles. The third-order valence-electron chi connectivity index (χ3n) is 17.9. The van der Waals surface area contributed by atoms with Crippen LogP contribution in [0.4, 0.5) is 21.4 Å². The van der Waals surface area contributed by atoms with E-state index in [1.807, 2.05) is 71.1 Å². The van der Waals surface area contributed by atoms with Crippen LogP contribution in [0.2, 0.25) is 0 Å². The number of aromatic nitrogens is 4. The monoisotopic (exact) mass is 1200 g/mol. The van der Waals surface area contributed by atoms with Crippen LogP contribution in [0.25, 0.3) is 21.3 Å². The van der Waals surface area contributed by atoms with E-state index in [9.17, 15) is 43.5 Å². The molecule has 3 aromatic carbocycles. The second-order valence-electron chi connectivity index (χ2n) is 25.1. The number of ether oxygens (including phenoxy) is 2. The number of nitrogens with zero attached hydrogens (tertiary/aromatic N) is 8. The molecule has 6 aliphatic rings. The molecule has 2 aliphatic heterocycles. The van der Waals surface area contributed by atoms with Crippen LogP contribution in [0.3, 0.4) is 0 Å². The highest BCUT2D eigenvalue weighted by atomic mass is 32.1.